The molecule has 19 heavy (non-hydrogen) atoms. The second-order valence-corrected chi connectivity index (χ2v) is 4.46. The molecule has 3 rings (SSSR count). The molecule has 1 aromatic carbocycles. The number of nitrogens with zero attached hydrogens (tertiary/aromatic N) is 5. The summed E-state index contributed by atoms with van der Waals surface area (Å²) in [6, 6.07) is 5.26. The van der Waals surface area contributed by atoms with Crippen LogP contribution in [0.2, 0.25) is 10.0 Å². The molecule has 0 aliphatic rings. The maximum Gasteiger partial charge on any atom is 0.208 e. The summed E-state index contributed by atoms with van der Waals surface area (Å²) < 4.78 is 0. The largest absolute Gasteiger partial charge is 0.244 e. The highest BCUT2D eigenvalue weighted by molar-refractivity contribution is 6.42. The fourth-order valence-electron chi connectivity index (χ4n) is 1.64. The smallest absolute Gasteiger partial charge is 0.208 e. The van der Waals surface area contributed by atoms with E-state index in [1.807, 2.05) is 6.07 Å². The topological polar surface area (TPSA) is 80.2 Å². The summed E-state index contributed by atoms with van der Waals surface area (Å²) in [6.07, 6.45) is 3.07. The molecule has 0 radical (unpaired) electrons. The van der Waals surface area contributed by atoms with Crippen molar-refractivity contribution < 1.29 is 0 Å². The Morgan fingerprint density at radius 1 is 1.11 bits per heavy atom. The SMILES string of the molecule is Clc1ccc(-c2ncncc2-c2nn[nH]n2)cc1Cl. The van der Waals surface area contributed by atoms with E-state index in [1.165, 1.54) is 6.33 Å². The van der Waals surface area contributed by atoms with Crippen LogP contribution in [0, 0.1) is 0 Å². The molecule has 0 aliphatic carbocycles. The van der Waals surface area contributed by atoms with Gasteiger partial charge in [-0.2, -0.15) is 5.21 Å². The van der Waals surface area contributed by atoms with Crippen LogP contribution in [-0.4, -0.2) is 30.6 Å². The van der Waals surface area contributed by atoms with E-state index in [4.69, 9.17) is 23.2 Å². The van der Waals surface area contributed by atoms with Crippen LogP contribution < -0.4 is 0 Å². The highest BCUT2D eigenvalue weighted by atomic mass is 35.5. The van der Waals surface area contributed by atoms with Crippen molar-refractivity contribution in [3.63, 3.8) is 0 Å². The first-order valence-corrected chi connectivity index (χ1v) is 6.00. The molecule has 1 N–H and O–H groups in total. The number of benzene rings is 1. The van der Waals surface area contributed by atoms with Gasteiger partial charge in [-0.25, -0.2) is 9.97 Å². The maximum absolute atomic E-state index is 6.02. The van der Waals surface area contributed by atoms with E-state index in [1.54, 1.807) is 18.3 Å². The number of hydrogen-bond donors (Lipinski definition) is 1. The fourth-order valence-corrected chi connectivity index (χ4v) is 1.94. The molecule has 0 amide bonds. The van der Waals surface area contributed by atoms with Crippen LogP contribution in [0.25, 0.3) is 22.6 Å². The summed E-state index contributed by atoms with van der Waals surface area (Å²) in [4.78, 5) is 8.22. The molecular weight excluding hydrogens is 287 g/mol. The van der Waals surface area contributed by atoms with Gasteiger partial charge in [-0.3, -0.25) is 0 Å². The number of H-pyrrole nitrogens is 1. The van der Waals surface area contributed by atoms with Gasteiger partial charge < -0.3 is 0 Å². The van der Waals surface area contributed by atoms with Gasteiger partial charge in [0.05, 0.1) is 21.3 Å². The molecule has 0 saturated heterocycles. The zero-order valence-electron chi connectivity index (χ0n) is 9.38. The molecule has 0 unspecified atom stereocenters. The zero-order chi connectivity index (χ0) is 13.2. The highest BCUT2D eigenvalue weighted by Crippen LogP contribution is 2.31. The van der Waals surface area contributed by atoms with Crippen LogP contribution in [0.4, 0.5) is 0 Å². The van der Waals surface area contributed by atoms with Crippen molar-refractivity contribution in [2.45, 2.75) is 0 Å². The first-order valence-electron chi connectivity index (χ1n) is 5.25. The quantitative estimate of drug-likeness (QED) is 0.785. The van der Waals surface area contributed by atoms with Crippen LogP contribution in [0.3, 0.4) is 0 Å². The van der Waals surface area contributed by atoms with Gasteiger partial charge in [-0.05, 0) is 17.3 Å². The molecule has 0 fully saturated rings. The lowest BCUT2D eigenvalue weighted by Gasteiger charge is -2.05. The first kappa shape index (κ1) is 12.0. The fraction of sp³-hybridized carbons (Fsp3) is 0. The number of aromatic nitrogens is 6. The molecule has 2 heterocycles. The van der Waals surface area contributed by atoms with Crippen molar-refractivity contribution in [1.82, 2.24) is 30.6 Å². The lowest BCUT2D eigenvalue weighted by molar-refractivity contribution is 0.881. The summed E-state index contributed by atoms with van der Waals surface area (Å²) in [7, 11) is 0. The van der Waals surface area contributed by atoms with E-state index < -0.39 is 0 Å². The van der Waals surface area contributed by atoms with Gasteiger partial charge >= 0.3 is 0 Å². The van der Waals surface area contributed by atoms with Crippen molar-refractivity contribution in [1.29, 1.82) is 0 Å². The predicted octanol–water partition coefficient (Wildman–Crippen LogP) is 2.63. The number of rotatable bonds is 2. The number of halogens is 2. The summed E-state index contributed by atoms with van der Waals surface area (Å²) >= 11 is 11.9. The summed E-state index contributed by atoms with van der Waals surface area (Å²) in [6.45, 7) is 0. The Morgan fingerprint density at radius 2 is 2.00 bits per heavy atom. The summed E-state index contributed by atoms with van der Waals surface area (Å²) in [5.41, 5.74) is 2.13. The van der Waals surface area contributed by atoms with Crippen molar-refractivity contribution in [2.75, 3.05) is 0 Å². The Labute approximate surface area is 117 Å². The van der Waals surface area contributed by atoms with Gasteiger partial charge in [-0.15, -0.1) is 10.2 Å². The van der Waals surface area contributed by atoms with Crippen LogP contribution in [0.15, 0.2) is 30.7 Å². The summed E-state index contributed by atoms with van der Waals surface area (Å²) in [5.74, 6) is 0.418. The van der Waals surface area contributed by atoms with Crippen molar-refractivity contribution in [2.24, 2.45) is 0 Å². The van der Waals surface area contributed by atoms with Crippen LogP contribution >= 0.6 is 23.2 Å². The van der Waals surface area contributed by atoms with E-state index in [9.17, 15) is 0 Å². The minimum absolute atomic E-state index is 0.418. The Morgan fingerprint density at radius 3 is 2.74 bits per heavy atom. The molecule has 0 bridgehead atoms. The molecule has 0 spiro atoms. The average molecular weight is 293 g/mol. The third-order valence-electron chi connectivity index (χ3n) is 2.49. The molecular formula is C11H6Cl2N6. The Balaban J connectivity index is 2.17. The maximum atomic E-state index is 6.02. The Bertz CT molecular complexity index is 713. The molecule has 0 saturated carbocycles. The van der Waals surface area contributed by atoms with E-state index in [-0.39, 0.29) is 0 Å². The van der Waals surface area contributed by atoms with Gasteiger partial charge in [0, 0.05) is 11.8 Å². The van der Waals surface area contributed by atoms with Gasteiger partial charge in [0.1, 0.15) is 6.33 Å². The second kappa shape index (κ2) is 4.91. The Hall–Kier alpha value is -2.05. The van der Waals surface area contributed by atoms with Gasteiger partial charge in [0.25, 0.3) is 0 Å². The van der Waals surface area contributed by atoms with Crippen molar-refractivity contribution >= 4 is 23.2 Å². The predicted molar refractivity (Wildman–Crippen MR) is 70.7 cm³/mol. The standard InChI is InChI=1S/C11H6Cl2N6/c12-8-2-1-6(3-9(8)13)10-7(4-14-5-15-10)11-16-18-19-17-11/h1-5H,(H,16,17,18,19). The molecule has 0 aliphatic heterocycles. The Kier molecular flexibility index (Phi) is 3.10. The normalized spacial score (nSPS) is 10.6. The minimum Gasteiger partial charge on any atom is -0.244 e. The highest BCUT2D eigenvalue weighted by Gasteiger charge is 2.13. The first-order chi connectivity index (χ1) is 9.25. The molecule has 94 valence electrons. The number of hydrogen-bond acceptors (Lipinski definition) is 5. The third kappa shape index (κ3) is 2.27. The van der Waals surface area contributed by atoms with Gasteiger partial charge in [0.2, 0.25) is 5.82 Å². The number of aromatic amines is 1. The van der Waals surface area contributed by atoms with Crippen molar-refractivity contribution in [3.05, 3.63) is 40.8 Å². The number of tetrazole rings is 1. The van der Waals surface area contributed by atoms with Crippen molar-refractivity contribution in [3.8, 4) is 22.6 Å². The second-order valence-electron chi connectivity index (χ2n) is 3.65. The van der Waals surface area contributed by atoms with Crippen LogP contribution in [0.5, 0.6) is 0 Å². The molecule has 8 heteroatoms. The van der Waals surface area contributed by atoms with E-state index in [0.717, 1.165) is 5.56 Å². The molecule has 3 aromatic rings. The van der Waals surface area contributed by atoms with E-state index in [2.05, 4.69) is 30.6 Å². The summed E-state index contributed by atoms with van der Waals surface area (Å²) in [5, 5.41) is 14.7. The molecule has 0 atom stereocenters. The monoisotopic (exact) mass is 292 g/mol. The van der Waals surface area contributed by atoms with Crippen LogP contribution in [-0.2, 0) is 0 Å². The lowest BCUT2D eigenvalue weighted by Crippen LogP contribution is -1.92. The molecule has 6 nitrogen and oxygen atoms in total. The van der Waals surface area contributed by atoms with Crippen LogP contribution in [0.1, 0.15) is 0 Å². The average Bonchev–Trinajstić information content (AvgIpc) is 2.96. The zero-order valence-corrected chi connectivity index (χ0v) is 10.9. The van der Waals surface area contributed by atoms with E-state index >= 15 is 0 Å². The van der Waals surface area contributed by atoms with E-state index in [0.29, 0.717) is 27.1 Å². The minimum atomic E-state index is 0.418. The number of nitrogens with one attached hydrogen (secondary N) is 1. The van der Waals surface area contributed by atoms with Gasteiger partial charge in [0.15, 0.2) is 0 Å². The third-order valence-corrected chi connectivity index (χ3v) is 3.23. The lowest BCUT2D eigenvalue weighted by atomic mass is 10.1. The molecule has 2 aromatic heterocycles. The van der Waals surface area contributed by atoms with Gasteiger partial charge in [-0.1, -0.05) is 29.3 Å².